The summed E-state index contributed by atoms with van der Waals surface area (Å²) in [6.07, 6.45) is 5.02. The van der Waals surface area contributed by atoms with Gasteiger partial charge in [-0.05, 0) is 45.1 Å². The molecular weight excluding hydrogens is 352 g/mol. The maximum Gasteiger partial charge on any atom is 0.235 e. The molecule has 1 amide bonds. The van der Waals surface area contributed by atoms with Crippen LogP contribution in [-0.2, 0) is 17.6 Å². The van der Waals surface area contributed by atoms with Gasteiger partial charge in [0.25, 0.3) is 0 Å². The molecular formula is C18H22N4OS2. The molecule has 2 aromatic rings. The Morgan fingerprint density at radius 1 is 1.40 bits per heavy atom. The van der Waals surface area contributed by atoms with Crippen LogP contribution in [0.3, 0.4) is 0 Å². The SMILES string of the molecule is Cc1nc(S[C@@H](C)C(=O)N(C)CCC#N)c2c3c(sc2n1)CCCC3. The fourth-order valence-electron chi connectivity index (χ4n) is 3.17. The Hall–Kier alpha value is -1.65. The van der Waals surface area contributed by atoms with Gasteiger partial charge in [-0.15, -0.1) is 11.3 Å². The van der Waals surface area contributed by atoms with Gasteiger partial charge in [0.1, 0.15) is 15.7 Å². The summed E-state index contributed by atoms with van der Waals surface area (Å²) in [7, 11) is 1.75. The number of amides is 1. The Labute approximate surface area is 156 Å². The fourth-order valence-corrected chi connectivity index (χ4v) is 5.68. The summed E-state index contributed by atoms with van der Waals surface area (Å²) in [4.78, 5) is 26.0. The number of carbonyl (C=O) groups excluding carboxylic acids is 1. The van der Waals surface area contributed by atoms with Gasteiger partial charge >= 0.3 is 0 Å². The predicted molar refractivity (Wildman–Crippen MR) is 102 cm³/mol. The van der Waals surface area contributed by atoms with Crippen LogP contribution in [0, 0.1) is 18.3 Å². The van der Waals surface area contributed by atoms with Gasteiger partial charge in [0.2, 0.25) is 5.91 Å². The summed E-state index contributed by atoms with van der Waals surface area (Å²) in [5.41, 5.74) is 1.39. The van der Waals surface area contributed by atoms with Gasteiger partial charge < -0.3 is 4.90 Å². The number of thioether (sulfide) groups is 1. The van der Waals surface area contributed by atoms with Crippen LogP contribution in [0.25, 0.3) is 10.2 Å². The quantitative estimate of drug-likeness (QED) is 0.589. The lowest BCUT2D eigenvalue weighted by atomic mass is 9.97. The second-order valence-corrected chi connectivity index (χ2v) is 8.81. The number of nitrogens with zero attached hydrogens (tertiary/aromatic N) is 4. The fraction of sp³-hybridized carbons (Fsp3) is 0.556. The van der Waals surface area contributed by atoms with Crippen molar-refractivity contribution in [2.24, 2.45) is 0 Å². The van der Waals surface area contributed by atoms with Crippen LogP contribution >= 0.6 is 23.1 Å². The molecule has 25 heavy (non-hydrogen) atoms. The number of aromatic nitrogens is 2. The number of carbonyl (C=O) groups is 1. The lowest BCUT2D eigenvalue weighted by molar-refractivity contribution is -0.128. The number of hydrogen-bond acceptors (Lipinski definition) is 6. The smallest absolute Gasteiger partial charge is 0.235 e. The van der Waals surface area contributed by atoms with Crippen molar-refractivity contribution in [2.45, 2.75) is 56.2 Å². The molecule has 2 aromatic heterocycles. The first kappa shape index (κ1) is 18.2. The van der Waals surface area contributed by atoms with Gasteiger partial charge in [0, 0.05) is 23.9 Å². The van der Waals surface area contributed by atoms with E-state index >= 15 is 0 Å². The second kappa shape index (κ2) is 7.71. The van der Waals surface area contributed by atoms with E-state index in [2.05, 4.69) is 16.0 Å². The lowest BCUT2D eigenvalue weighted by Crippen LogP contribution is -2.33. The van der Waals surface area contributed by atoms with E-state index in [1.54, 1.807) is 23.3 Å². The molecule has 7 heteroatoms. The van der Waals surface area contributed by atoms with Crippen molar-refractivity contribution in [2.75, 3.05) is 13.6 Å². The van der Waals surface area contributed by atoms with Crippen molar-refractivity contribution in [1.82, 2.24) is 14.9 Å². The third-order valence-electron chi connectivity index (χ3n) is 4.46. The molecule has 3 rings (SSSR count). The van der Waals surface area contributed by atoms with E-state index in [4.69, 9.17) is 5.26 Å². The number of aryl methyl sites for hydroxylation is 3. The van der Waals surface area contributed by atoms with Crippen molar-refractivity contribution in [1.29, 1.82) is 5.26 Å². The minimum atomic E-state index is -0.236. The molecule has 0 saturated heterocycles. The third-order valence-corrected chi connectivity index (χ3v) is 6.72. The topological polar surface area (TPSA) is 69.9 Å². The monoisotopic (exact) mass is 374 g/mol. The summed E-state index contributed by atoms with van der Waals surface area (Å²) >= 11 is 3.30. The third kappa shape index (κ3) is 3.80. The molecule has 0 fully saturated rings. The van der Waals surface area contributed by atoms with Gasteiger partial charge in [0.15, 0.2) is 0 Å². The average molecular weight is 375 g/mol. The Morgan fingerprint density at radius 2 is 2.16 bits per heavy atom. The van der Waals surface area contributed by atoms with Crippen molar-refractivity contribution in [3.63, 3.8) is 0 Å². The molecule has 0 unspecified atom stereocenters. The van der Waals surface area contributed by atoms with E-state index in [0.717, 1.165) is 33.9 Å². The molecule has 0 bridgehead atoms. The summed E-state index contributed by atoms with van der Waals surface area (Å²) < 4.78 is 0. The van der Waals surface area contributed by atoms with Gasteiger partial charge in [-0.2, -0.15) is 5.26 Å². The number of rotatable bonds is 5. The standard InChI is InChI=1S/C18H22N4OS2/c1-11(18(23)22(3)10-6-9-19)24-16-15-13-7-4-5-8-14(13)25-17(15)21-12(2)20-16/h11H,4-8,10H2,1-3H3/t11-/m0/s1. The number of thiophene rings is 1. The molecule has 0 N–H and O–H groups in total. The van der Waals surface area contributed by atoms with Crippen molar-refractivity contribution in [3.05, 3.63) is 16.3 Å². The summed E-state index contributed by atoms with van der Waals surface area (Å²) in [6, 6.07) is 2.08. The van der Waals surface area contributed by atoms with Crippen LogP contribution in [0.2, 0.25) is 0 Å². The largest absolute Gasteiger partial charge is 0.344 e. The zero-order valence-corrected chi connectivity index (χ0v) is 16.5. The maximum absolute atomic E-state index is 12.6. The van der Waals surface area contributed by atoms with E-state index in [1.807, 2.05) is 13.8 Å². The van der Waals surface area contributed by atoms with E-state index in [1.165, 1.54) is 35.0 Å². The number of fused-ring (bicyclic) bond motifs is 3. The van der Waals surface area contributed by atoms with Crippen LogP contribution in [0.4, 0.5) is 0 Å². The molecule has 0 saturated carbocycles. The van der Waals surface area contributed by atoms with Crippen molar-refractivity contribution >= 4 is 39.2 Å². The summed E-state index contributed by atoms with van der Waals surface area (Å²) in [6.45, 7) is 4.29. The number of nitriles is 1. The molecule has 5 nitrogen and oxygen atoms in total. The zero-order chi connectivity index (χ0) is 18.0. The highest BCUT2D eigenvalue weighted by Gasteiger charge is 2.24. The molecule has 1 atom stereocenters. The van der Waals surface area contributed by atoms with E-state index < -0.39 is 0 Å². The van der Waals surface area contributed by atoms with Crippen LogP contribution < -0.4 is 0 Å². The molecule has 132 valence electrons. The number of hydrogen-bond donors (Lipinski definition) is 0. The Kier molecular flexibility index (Phi) is 5.60. The minimum Gasteiger partial charge on any atom is -0.344 e. The highest BCUT2D eigenvalue weighted by molar-refractivity contribution is 8.00. The summed E-state index contributed by atoms with van der Waals surface area (Å²) in [5.74, 6) is 0.792. The van der Waals surface area contributed by atoms with Crippen LogP contribution in [0.15, 0.2) is 5.03 Å². The first-order valence-electron chi connectivity index (χ1n) is 8.58. The van der Waals surface area contributed by atoms with Crippen LogP contribution in [0.5, 0.6) is 0 Å². The summed E-state index contributed by atoms with van der Waals surface area (Å²) in [5, 5.41) is 10.6. The highest BCUT2D eigenvalue weighted by Crippen LogP contribution is 2.40. The normalized spacial score (nSPS) is 14.8. The van der Waals surface area contributed by atoms with Gasteiger partial charge in [-0.25, -0.2) is 9.97 Å². The molecule has 0 aromatic carbocycles. The lowest BCUT2D eigenvalue weighted by Gasteiger charge is -2.20. The minimum absolute atomic E-state index is 0.0359. The average Bonchev–Trinajstić information content (AvgIpc) is 2.96. The molecule has 2 heterocycles. The maximum atomic E-state index is 12.6. The van der Waals surface area contributed by atoms with Gasteiger partial charge in [-0.1, -0.05) is 11.8 Å². The molecule has 0 radical (unpaired) electrons. The van der Waals surface area contributed by atoms with Crippen molar-refractivity contribution in [3.8, 4) is 6.07 Å². The Morgan fingerprint density at radius 3 is 2.92 bits per heavy atom. The Balaban J connectivity index is 1.89. The van der Waals surface area contributed by atoms with Gasteiger partial charge in [-0.3, -0.25) is 4.79 Å². The van der Waals surface area contributed by atoms with E-state index in [0.29, 0.717) is 13.0 Å². The van der Waals surface area contributed by atoms with Crippen LogP contribution in [-0.4, -0.2) is 39.6 Å². The van der Waals surface area contributed by atoms with E-state index in [9.17, 15) is 4.79 Å². The molecule has 0 spiro atoms. The van der Waals surface area contributed by atoms with Gasteiger partial charge in [0.05, 0.1) is 17.7 Å². The Bertz CT molecular complexity index is 840. The van der Waals surface area contributed by atoms with Crippen LogP contribution in [0.1, 0.15) is 42.5 Å². The molecule has 1 aliphatic carbocycles. The first-order valence-corrected chi connectivity index (χ1v) is 10.3. The highest BCUT2D eigenvalue weighted by atomic mass is 32.2. The zero-order valence-electron chi connectivity index (χ0n) is 14.8. The van der Waals surface area contributed by atoms with Crippen molar-refractivity contribution < 1.29 is 4.79 Å². The molecule has 0 aliphatic heterocycles. The molecule has 1 aliphatic rings. The first-order chi connectivity index (χ1) is 12.0. The second-order valence-electron chi connectivity index (χ2n) is 6.40. The van der Waals surface area contributed by atoms with E-state index in [-0.39, 0.29) is 11.2 Å². The predicted octanol–water partition coefficient (Wildman–Crippen LogP) is 3.73.